The number of nitrogens with zero attached hydrogens (tertiary/aromatic N) is 1. The molecule has 0 aliphatic carbocycles. The number of methoxy groups -OCH3 is 1. The summed E-state index contributed by atoms with van der Waals surface area (Å²) in [7, 11) is -2.85. The van der Waals surface area contributed by atoms with Crippen molar-refractivity contribution in [1.29, 1.82) is 0 Å². The molecule has 0 aliphatic rings. The van der Waals surface area contributed by atoms with Gasteiger partial charge in [-0.2, -0.15) is 0 Å². The highest BCUT2D eigenvalue weighted by Gasteiger charge is 2.30. The number of fused-ring (bicyclic) bond motifs is 1. The van der Waals surface area contributed by atoms with E-state index in [0.29, 0.717) is 22.1 Å². The molecule has 0 aromatic heterocycles. The van der Waals surface area contributed by atoms with E-state index >= 15 is 0 Å². The summed E-state index contributed by atoms with van der Waals surface area (Å²) in [6, 6.07) is 23.5. The Bertz CT molecular complexity index is 1540. The predicted octanol–water partition coefficient (Wildman–Crippen LogP) is 4.33. The normalized spacial score (nSPS) is 12.0. The predicted molar refractivity (Wildman–Crippen MR) is 137 cm³/mol. The molecule has 0 fully saturated rings. The van der Waals surface area contributed by atoms with E-state index in [4.69, 9.17) is 9.47 Å². The van der Waals surface area contributed by atoms with Gasteiger partial charge in [0.15, 0.2) is 0 Å². The molecule has 4 aromatic rings. The van der Waals surface area contributed by atoms with Crippen LogP contribution < -0.4 is 13.8 Å². The fourth-order valence-electron chi connectivity index (χ4n) is 3.89. The van der Waals surface area contributed by atoms with Crippen LogP contribution in [0.4, 0.5) is 5.69 Å². The summed E-state index contributed by atoms with van der Waals surface area (Å²) >= 11 is 0. The Labute approximate surface area is 213 Å². The van der Waals surface area contributed by atoms with Crippen LogP contribution in [-0.4, -0.2) is 44.2 Å². The molecule has 0 spiro atoms. The van der Waals surface area contributed by atoms with E-state index < -0.39 is 34.6 Å². The van der Waals surface area contributed by atoms with Crippen LogP contribution in [0, 0.1) is 0 Å². The Morgan fingerprint density at radius 1 is 0.838 bits per heavy atom. The van der Waals surface area contributed by atoms with Crippen LogP contribution in [0.15, 0.2) is 95.9 Å². The molecule has 0 saturated carbocycles. The van der Waals surface area contributed by atoms with Gasteiger partial charge in [0.1, 0.15) is 18.0 Å². The Balaban J connectivity index is 1.83. The third-order valence-electron chi connectivity index (χ3n) is 5.63. The van der Waals surface area contributed by atoms with Crippen molar-refractivity contribution >= 4 is 38.4 Å². The molecule has 190 valence electrons. The third-order valence-corrected chi connectivity index (χ3v) is 7.40. The molecule has 0 radical (unpaired) electrons. The Morgan fingerprint density at radius 3 is 2.05 bits per heavy atom. The maximum Gasteiger partial charge on any atom is 0.349 e. The smallest absolute Gasteiger partial charge is 0.349 e. The van der Waals surface area contributed by atoms with E-state index in [0.717, 1.165) is 4.31 Å². The lowest BCUT2D eigenvalue weighted by atomic mass is 10.1. The molecule has 1 unspecified atom stereocenters. The van der Waals surface area contributed by atoms with Gasteiger partial charge in [0.05, 0.1) is 17.7 Å². The van der Waals surface area contributed by atoms with E-state index in [9.17, 15) is 28.2 Å². The molecule has 1 atom stereocenters. The first-order valence-corrected chi connectivity index (χ1v) is 12.5. The molecule has 0 heterocycles. The summed E-state index contributed by atoms with van der Waals surface area (Å²) < 4.78 is 38.9. The highest BCUT2D eigenvalue weighted by Crippen LogP contribution is 2.38. The van der Waals surface area contributed by atoms with Crippen molar-refractivity contribution in [2.24, 2.45) is 0 Å². The number of carboxylic acids is 2. The number of aliphatic carboxylic acids is 2. The Kier molecular flexibility index (Phi) is 7.30. The summed E-state index contributed by atoms with van der Waals surface area (Å²) in [4.78, 5) is 23.6. The van der Waals surface area contributed by atoms with Gasteiger partial charge in [-0.3, -0.25) is 9.10 Å². The maximum absolute atomic E-state index is 13.6. The molecule has 0 amide bonds. The number of benzene rings is 4. The summed E-state index contributed by atoms with van der Waals surface area (Å²) in [5, 5.41) is 20.1. The number of rotatable bonds is 10. The van der Waals surface area contributed by atoms with Crippen LogP contribution in [0.5, 0.6) is 11.5 Å². The summed E-state index contributed by atoms with van der Waals surface area (Å²) in [5.41, 5.74) is 0.533. The second-order valence-corrected chi connectivity index (χ2v) is 9.82. The summed E-state index contributed by atoms with van der Waals surface area (Å²) in [6.45, 7) is -0.833. The number of anilines is 1. The van der Waals surface area contributed by atoms with Gasteiger partial charge in [-0.15, -0.1) is 0 Å². The second kappa shape index (κ2) is 10.6. The minimum absolute atomic E-state index is 0.104. The van der Waals surface area contributed by atoms with Crippen molar-refractivity contribution in [3.05, 3.63) is 96.6 Å². The van der Waals surface area contributed by atoms with Crippen molar-refractivity contribution in [2.75, 3.05) is 18.0 Å². The summed E-state index contributed by atoms with van der Waals surface area (Å²) in [6.07, 6.45) is -1.31. The quantitative estimate of drug-likeness (QED) is 0.315. The fraction of sp³-hybridized carbons (Fsp3) is 0.111. The van der Waals surface area contributed by atoms with Gasteiger partial charge < -0.3 is 19.7 Å². The average Bonchev–Trinajstić information content (AvgIpc) is 2.90. The van der Waals surface area contributed by atoms with Crippen molar-refractivity contribution < 1.29 is 37.7 Å². The molecule has 2 N–H and O–H groups in total. The maximum atomic E-state index is 13.6. The van der Waals surface area contributed by atoms with Gasteiger partial charge in [0.2, 0.25) is 6.10 Å². The van der Waals surface area contributed by atoms with Crippen molar-refractivity contribution in [3.8, 4) is 11.5 Å². The van der Waals surface area contributed by atoms with Crippen LogP contribution in [0.25, 0.3) is 10.8 Å². The highest BCUT2D eigenvalue weighted by molar-refractivity contribution is 7.92. The van der Waals surface area contributed by atoms with Gasteiger partial charge in [-0.1, -0.05) is 54.6 Å². The lowest BCUT2D eigenvalue weighted by Gasteiger charge is -2.25. The number of hydrogen-bond acceptors (Lipinski definition) is 6. The minimum atomic E-state index is -4.30. The topological polar surface area (TPSA) is 130 Å². The van der Waals surface area contributed by atoms with Gasteiger partial charge in [0, 0.05) is 16.3 Å². The zero-order valence-corrected chi connectivity index (χ0v) is 20.5. The van der Waals surface area contributed by atoms with E-state index in [1.54, 1.807) is 54.6 Å². The van der Waals surface area contributed by atoms with Crippen LogP contribution in [0.2, 0.25) is 0 Å². The fourth-order valence-corrected chi connectivity index (χ4v) is 5.32. The zero-order valence-electron chi connectivity index (χ0n) is 19.6. The Hall–Kier alpha value is -4.57. The molecule has 37 heavy (non-hydrogen) atoms. The first kappa shape index (κ1) is 25.5. The summed E-state index contributed by atoms with van der Waals surface area (Å²) in [5.74, 6) is -1.90. The zero-order chi connectivity index (χ0) is 26.6. The molecule has 4 aromatic carbocycles. The molecular formula is C27H23NO8S. The van der Waals surface area contributed by atoms with E-state index in [2.05, 4.69) is 0 Å². The SMILES string of the molecule is COc1ccc(S(=O)(=O)N(CC(=O)O)c2ccc(OC(C(=O)O)c3ccccc3)c3ccccc23)cc1. The van der Waals surface area contributed by atoms with Gasteiger partial charge in [-0.25, -0.2) is 13.2 Å². The standard InChI is InChI=1S/C27H23NO8S/c1-35-19-11-13-20(14-12-19)37(33,34)28(17-25(29)30)23-15-16-24(22-10-6-5-9-21(22)23)36-26(27(31)32)18-7-3-2-4-8-18/h2-16,26H,17H2,1H3,(H,29,30)(H,31,32). The van der Waals surface area contributed by atoms with Crippen molar-refractivity contribution in [3.63, 3.8) is 0 Å². The van der Waals surface area contributed by atoms with Crippen molar-refractivity contribution in [2.45, 2.75) is 11.0 Å². The van der Waals surface area contributed by atoms with E-state index in [-0.39, 0.29) is 16.3 Å². The van der Waals surface area contributed by atoms with Gasteiger partial charge >= 0.3 is 11.9 Å². The van der Waals surface area contributed by atoms with Gasteiger partial charge in [0.25, 0.3) is 10.0 Å². The first-order chi connectivity index (χ1) is 17.7. The molecule has 0 aliphatic heterocycles. The van der Waals surface area contributed by atoms with E-state index in [1.807, 2.05) is 0 Å². The average molecular weight is 522 g/mol. The van der Waals surface area contributed by atoms with Crippen LogP contribution in [-0.2, 0) is 19.6 Å². The molecule has 4 rings (SSSR count). The highest BCUT2D eigenvalue weighted by atomic mass is 32.2. The monoisotopic (exact) mass is 521 g/mol. The molecular weight excluding hydrogens is 498 g/mol. The lowest BCUT2D eigenvalue weighted by molar-refractivity contribution is -0.145. The van der Waals surface area contributed by atoms with E-state index in [1.165, 1.54) is 43.5 Å². The minimum Gasteiger partial charge on any atom is -0.497 e. The number of sulfonamides is 1. The van der Waals surface area contributed by atoms with Crippen LogP contribution >= 0.6 is 0 Å². The first-order valence-electron chi connectivity index (χ1n) is 11.1. The molecule has 0 saturated heterocycles. The largest absolute Gasteiger partial charge is 0.497 e. The third kappa shape index (κ3) is 5.34. The van der Waals surface area contributed by atoms with Crippen LogP contribution in [0.1, 0.15) is 11.7 Å². The van der Waals surface area contributed by atoms with Gasteiger partial charge in [-0.05, 0) is 36.4 Å². The number of carboxylic acid groups (broad SMARTS) is 2. The molecule has 9 nitrogen and oxygen atoms in total. The number of carbonyl (C=O) groups is 2. The molecule has 0 bridgehead atoms. The lowest BCUT2D eigenvalue weighted by Crippen LogP contribution is -2.36. The van der Waals surface area contributed by atoms with Crippen molar-refractivity contribution in [1.82, 2.24) is 0 Å². The number of hydrogen-bond donors (Lipinski definition) is 2. The second-order valence-electron chi connectivity index (χ2n) is 7.96. The van der Waals surface area contributed by atoms with Crippen LogP contribution in [0.3, 0.4) is 0 Å². The number of ether oxygens (including phenoxy) is 2. The molecule has 10 heteroatoms. The Morgan fingerprint density at radius 2 is 1.46 bits per heavy atom.